The van der Waals surface area contributed by atoms with Crippen LogP contribution in [0.25, 0.3) is 0 Å². The van der Waals surface area contributed by atoms with Gasteiger partial charge in [0.15, 0.2) is 5.13 Å². The molecule has 0 amide bonds. The van der Waals surface area contributed by atoms with Crippen LogP contribution in [0.1, 0.15) is 19.3 Å². The van der Waals surface area contributed by atoms with E-state index in [-0.39, 0.29) is 0 Å². The molecule has 0 aromatic carbocycles. The second-order valence-corrected chi connectivity index (χ2v) is 5.15. The first-order chi connectivity index (χ1) is 7.34. The number of piperidine rings is 1. The van der Waals surface area contributed by atoms with E-state index in [1.165, 1.54) is 32.4 Å². The molecule has 2 heterocycles. The number of aromatic nitrogens is 1. The van der Waals surface area contributed by atoms with Gasteiger partial charge < -0.3 is 10.6 Å². The van der Waals surface area contributed by atoms with Crippen LogP contribution >= 0.6 is 22.9 Å². The van der Waals surface area contributed by atoms with Gasteiger partial charge in [-0.05, 0) is 38.3 Å². The van der Waals surface area contributed by atoms with Gasteiger partial charge in [-0.25, -0.2) is 4.98 Å². The Morgan fingerprint density at radius 3 is 3.27 bits per heavy atom. The molecular formula is C10H16ClN3S. The highest BCUT2D eigenvalue weighted by Gasteiger charge is 2.12. The summed E-state index contributed by atoms with van der Waals surface area (Å²) in [6, 6.07) is 0. The smallest absolute Gasteiger partial charge is 0.184 e. The third-order valence-electron chi connectivity index (χ3n) is 2.70. The van der Waals surface area contributed by atoms with Gasteiger partial charge in [0.25, 0.3) is 0 Å². The summed E-state index contributed by atoms with van der Waals surface area (Å²) in [5.74, 6) is 0.821. The molecule has 0 radical (unpaired) electrons. The van der Waals surface area contributed by atoms with E-state index < -0.39 is 0 Å². The molecule has 1 aliphatic heterocycles. The number of nitrogens with one attached hydrogen (secondary N) is 2. The summed E-state index contributed by atoms with van der Waals surface area (Å²) in [5, 5.41) is 10.1. The van der Waals surface area contributed by atoms with E-state index in [2.05, 4.69) is 15.6 Å². The van der Waals surface area contributed by atoms with Gasteiger partial charge in [0.1, 0.15) is 5.15 Å². The lowest BCUT2D eigenvalue weighted by atomic mass is 9.96. The van der Waals surface area contributed by atoms with Crippen molar-refractivity contribution in [3.8, 4) is 0 Å². The summed E-state index contributed by atoms with van der Waals surface area (Å²) in [4.78, 5) is 4.15. The van der Waals surface area contributed by atoms with E-state index in [1.807, 2.05) is 5.38 Å². The lowest BCUT2D eigenvalue weighted by Crippen LogP contribution is -2.30. The molecule has 5 heteroatoms. The number of hydrogen-bond donors (Lipinski definition) is 2. The number of nitrogens with zero attached hydrogens (tertiary/aromatic N) is 1. The van der Waals surface area contributed by atoms with Gasteiger partial charge in [-0.3, -0.25) is 0 Å². The minimum Gasteiger partial charge on any atom is -0.361 e. The van der Waals surface area contributed by atoms with E-state index in [4.69, 9.17) is 11.6 Å². The van der Waals surface area contributed by atoms with Crippen LogP contribution in [0.4, 0.5) is 5.13 Å². The lowest BCUT2D eigenvalue weighted by Gasteiger charge is -2.22. The van der Waals surface area contributed by atoms with Crippen molar-refractivity contribution in [2.45, 2.75) is 19.3 Å². The highest BCUT2D eigenvalue weighted by molar-refractivity contribution is 7.14. The average molecular weight is 246 g/mol. The van der Waals surface area contributed by atoms with Crippen LogP contribution in [-0.4, -0.2) is 24.6 Å². The monoisotopic (exact) mass is 245 g/mol. The molecule has 0 spiro atoms. The maximum absolute atomic E-state index is 5.74. The maximum atomic E-state index is 5.74. The van der Waals surface area contributed by atoms with Gasteiger partial charge in [-0.2, -0.15) is 0 Å². The summed E-state index contributed by atoms with van der Waals surface area (Å²) >= 11 is 7.30. The zero-order valence-corrected chi connectivity index (χ0v) is 10.2. The number of thiazole rings is 1. The van der Waals surface area contributed by atoms with Crippen LogP contribution in [0.3, 0.4) is 0 Å². The zero-order valence-electron chi connectivity index (χ0n) is 8.63. The Morgan fingerprint density at radius 1 is 1.67 bits per heavy atom. The van der Waals surface area contributed by atoms with E-state index >= 15 is 0 Å². The minimum absolute atomic E-state index is 0.585. The van der Waals surface area contributed by atoms with E-state index in [9.17, 15) is 0 Å². The molecule has 3 nitrogen and oxygen atoms in total. The van der Waals surface area contributed by atoms with Crippen LogP contribution in [0, 0.1) is 5.92 Å². The fourth-order valence-electron chi connectivity index (χ4n) is 1.89. The van der Waals surface area contributed by atoms with Crippen molar-refractivity contribution >= 4 is 28.1 Å². The predicted octanol–water partition coefficient (Wildman–Crippen LogP) is 2.60. The van der Waals surface area contributed by atoms with E-state index in [0.717, 1.165) is 17.6 Å². The standard InChI is InChI=1S/C10H16ClN3S/c11-9-7-15-10(14-9)13-5-3-8-2-1-4-12-6-8/h7-8,12H,1-6H2,(H,13,14). The molecule has 1 aromatic heterocycles. The molecule has 1 fully saturated rings. The normalized spacial score (nSPS) is 21.5. The van der Waals surface area contributed by atoms with Crippen LogP contribution < -0.4 is 10.6 Å². The highest BCUT2D eigenvalue weighted by atomic mass is 35.5. The van der Waals surface area contributed by atoms with Crippen molar-refractivity contribution in [3.63, 3.8) is 0 Å². The van der Waals surface area contributed by atoms with Crippen LogP contribution in [-0.2, 0) is 0 Å². The van der Waals surface area contributed by atoms with Gasteiger partial charge in [0.05, 0.1) is 0 Å². The Morgan fingerprint density at radius 2 is 2.60 bits per heavy atom. The van der Waals surface area contributed by atoms with Crippen LogP contribution in [0.2, 0.25) is 5.15 Å². The minimum atomic E-state index is 0.585. The molecule has 0 bridgehead atoms. The van der Waals surface area contributed by atoms with Crippen LogP contribution in [0.5, 0.6) is 0 Å². The number of hydrogen-bond acceptors (Lipinski definition) is 4. The molecule has 2 rings (SSSR count). The van der Waals surface area contributed by atoms with Gasteiger partial charge in [0.2, 0.25) is 0 Å². The van der Waals surface area contributed by atoms with E-state index in [1.54, 1.807) is 11.3 Å². The summed E-state index contributed by atoms with van der Waals surface area (Å²) in [6.45, 7) is 3.35. The van der Waals surface area contributed by atoms with Crippen molar-refractivity contribution in [1.29, 1.82) is 0 Å². The SMILES string of the molecule is Clc1csc(NCCC2CCCNC2)n1. The Hall–Kier alpha value is -0.320. The summed E-state index contributed by atoms with van der Waals surface area (Å²) < 4.78 is 0. The van der Waals surface area contributed by atoms with Crippen molar-refractivity contribution < 1.29 is 0 Å². The van der Waals surface area contributed by atoms with Crippen LogP contribution in [0.15, 0.2) is 5.38 Å². The topological polar surface area (TPSA) is 37.0 Å². The quantitative estimate of drug-likeness (QED) is 0.856. The Bertz CT molecular complexity index is 297. The molecule has 1 unspecified atom stereocenters. The maximum Gasteiger partial charge on any atom is 0.184 e. The number of halogens is 1. The molecule has 1 aliphatic rings. The first-order valence-electron chi connectivity index (χ1n) is 5.40. The Balaban J connectivity index is 1.65. The van der Waals surface area contributed by atoms with Gasteiger partial charge in [-0.15, -0.1) is 11.3 Å². The molecule has 84 valence electrons. The molecule has 2 N–H and O–H groups in total. The van der Waals surface area contributed by atoms with Crippen molar-refractivity contribution in [1.82, 2.24) is 10.3 Å². The lowest BCUT2D eigenvalue weighted by molar-refractivity contribution is 0.364. The second-order valence-electron chi connectivity index (χ2n) is 3.90. The molecule has 0 aliphatic carbocycles. The van der Waals surface area contributed by atoms with Gasteiger partial charge in [0, 0.05) is 11.9 Å². The molecule has 1 atom stereocenters. The third-order valence-corrected chi connectivity index (χ3v) is 3.83. The zero-order chi connectivity index (χ0) is 10.5. The predicted molar refractivity (Wildman–Crippen MR) is 65.8 cm³/mol. The Kier molecular flexibility index (Phi) is 4.23. The van der Waals surface area contributed by atoms with Gasteiger partial charge in [-0.1, -0.05) is 11.6 Å². The molecule has 15 heavy (non-hydrogen) atoms. The Labute approximate surface area is 99.2 Å². The van der Waals surface area contributed by atoms with Gasteiger partial charge >= 0.3 is 0 Å². The summed E-state index contributed by atoms with van der Waals surface area (Å²) in [7, 11) is 0. The average Bonchev–Trinajstić information content (AvgIpc) is 2.66. The highest BCUT2D eigenvalue weighted by Crippen LogP contribution is 2.19. The van der Waals surface area contributed by atoms with Crippen molar-refractivity contribution in [2.75, 3.05) is 25.0 Å². The molecule has 1 aromatic rings. The second kappa shape index (κ2) is 5.68. The number of anilines is 1. The summed E-state index contributed by atoms with van der Waals surface area (Å²) in [6.07, 6.45) is 3.88. The first kappa shape index (κ1) is 11.2. The van der Waals surface area contributed by atoms with E-state index in [0.29, 0.717) is 5.15 Å². The largest absolute Gasteiger partial charge is 0.361 e. The molecule has 1 saturated heterocycles. The number of rotatable bonds is 4. The van der Waals surface area contributed by atoms with Crippen molar-refractivity contribution in [2.24, 2.45) is 5.92 Å². The first-order valence-corrected chi connectivity index (χ1v) is 6.66. The fraction of sp³-hybridized carbons (Fsp3) is 0.700. The summed E-state index contributed by atoms with van der Waals surface area (Å²) in [5.41, 5.74) is 0. The fourth-order valence-corrected chi connectivity index (χ4v) is 2.76. The van der Waals surface area contributed by atoms with Crippen molar-refractivity contribution in [3.05, 3.63) is 10.5 Å². The molecular weight excluding hydrogens is 230 g/mol. The third kappa shape index (κ3) is 3.63. The molecule has 0 saturated carbocycles.